The van der Waals surface area contributed by atoms with E-state index in [1.165, 1.54) is 12.0 Å². The molecule has 1 aromatic rings. The van der Waals surface area contributed by atoms with Crippen molar-refractivity contribution in [2.24, 2.45) is 5.92 Å². The molecule has 2 heteroatoms. The van der Waals surface area contributed by atoms with Crippen molar-refractivity contribution in [2.45, 2.75) is 27.2 Å². The van der Waals surface area contributed by atoms with E-state index in [9.17, 15) is 0 Å². The molecule has 14 heavy (non-hydrogen) atoms. The van der Waals surface area contributed by atoms with Gasteiger partial charge in [-0.15, -0.1) is 0 Å². The highest BCUT2D eigenvalue weighted by Gasteiger charge is 1.99. The Kier molecular flexibility index (Phi) is 3.81. The number of hydrogen-bond acceptors (Lipinski definition) is 2. The fourth-order valence-corrected chi connectivity index (χ4v) is 1.35. The van der Waals surface area contributed by atoms with Crippen molar-refractivity contribution in [2.75, 3.05) is 17.6 Å². The molecule has 0 aliphatic rings. The molecule has 0 aromatic heterocycles. The van der Waals surface area contributed by atoms with Crippen molar-refractivity contribution >= 4 is 11.4 Å². The molecule has 1 unspecified atom stereocenters. The van der Waals surface area contributed by atoms with E-state index in [1.807, 2.05) is 12.1 Å². The second kappa shape index (κ2) is 4.89. The number of benzene rings is 1. The maximum Gasteiger partial charge on any atom is 0.0363 e. The number of anilines is 2. The number of hydrogen-bond donors (Lipinski definition) is 2. The minimum Gasteiger partial charge on any atom is -0.399 e. The molecule has 0 aliphatic carbocycles. The molecular formula is C12H20N2. The van der Waals surface area contributed by atoms with Crippen LogP contribution in [-0.4, -0.2) is 6.54 Å². The molecule has 0 heterocycles. The van der Waals surface area contributed by atoms with Gasteiger partial charge in [-0.1, -0.05) is 20.3 Å². The zero-order chi connectivity index (χ0) is 10.6. The highest BCUT2D eigenvalue weighted by atomic mass is 14.9. The molecule has 1 atom stereocenters. The Morgan fingerprint density at radius 3 is 2.64 bits per heavy atom. The van der Waals surface area contributed by atoms with Crippen LogP contribution >= 0.6 is 0 Å². The first kappa shape index (κ1) is 10.9. The lowest BCUT2D eigenvalue weighted by Crippen LogP contribution is -2.10. The number of nitrogens with one attached hydrogen (secondary N) is 1. The van der Waals surface area contributed by atoms with E-state index in [-0.39, 0.29) is 0 Å². The van der Waals surface area contributed by atoms with Crippen molar-refractivity contribution in [1.29, 1.82) is 0 Å². The quantitative estimate of drug-likeness (QED) is 0.720. The molecule has 0 radical (unpaired) electrons. The van der Waals surface area contributed by atoms with Gasteiger partial charge in [0.15, 0.2) is 0 Å². The van der Waals surface area contributed by atoms with Crippen LogP contribution in [0.25, 0.3) is 0 Å². The monoisotopic (exact) mass is 192 g/mol. The van der Waals surface area contributed by atoms with Gasteiger partial charge in [0, 0.05) is 17.9 Å². The summed E-state index contributed by atoms with van der Waals surface area (Å²) in [5, 5.41) is 3.40. The molecule has 0 amide bonds. The van der Waals surface area contributed by atoms with E-state index in [1.54, 1.807) is 0 Å². The van der Waals surface area contributed by atoms with Gasteiger partial charge in [-0.3, -0.25) is 0 Å². The van der Waals surface area contributed by atoms with Gasteiger partial charge in [-0.05, 0) is 36.6 Å². The summed E-state index contributed by atoms with van der Waals surface area (Å²) in [5.41, 5.74) is 8.92. The van der Waals surface area contributed by atoms with Crippen LogP contribution in [0.1, 0.15) is 25.8 Å². The standard InChI is InChI=1S/C12H20N2/c1-4-9(2)8-14-12-6-10(3)5-11(13)7-12/h5-7,9,14H,4,8,13H2,1-3H3. The Balaban J connectivity index is 2.58. The molecule has 3 N–H and O–H groups in total. The van der Waals surface area contributed by atoms with Crippen LogP contribution in [0.3, 0.4) is 0 Å². The summed E-state index contributed by atoms with van der Waals surface area (Å²) in [5.74, 6) is 0.705. The van der Waals surface area contributed by atoms with Crippen LogP contribution in [0.5, 0.6) is 0 Å². The Labute approximate surface area is 86.5 Å². The van der Waals surface area contributed by atoms with Crippen LogP contribution in [0.15, 0.2) is 18.2 Å². The fraction of sp³-hybridized carbons (Fsp3) is 0.500. The molecular weight excluding hydrogens is 172 g/mol. The fourth-order valence-electron chi connectivity index (χ4n) is 1.35. The van der Waals surface area contributed by atoms with Crippen molar-refractivity contribution in [1.82, 2.24) is 0 Å². The third-order valence-corrected chi connectivity index (χ3v) is 2.45. The van der Waals surface area contributed by atoms with Gasteiger partial charge in [0.2, 0.25) is 0 Å². The molecule has 0 bridgehead atoms. The van der Waals surface area contributed by atoms with Gasteiger partial charge >= 0.3 is 0 Å². The number of rotatable bonds is 4. The summed E-state index contributed by atoms with van der Waals surface area (Å²) >= 11 is 0. The van der Waals surface area contributed by atoms with Gasteiger partial charge in [-0.2, -0.15) is 0 Å². The van der Waals surface area contributed by atoms with E-state index >= 15 is 0 Å². The Morgan fingerprint density at radius 1 is 1.36 bits per heavy atom. The van der Waals surface area contributed by atoms with E-state index in [0.717, 1.165) is 17.9 Å². The van der Waals surface area contributed by atoms with E-state index in [4.69, 9.17) is 5.73 Å². The summed E-state index contributed by atoms with van der Waals surface area (Å²) in [4.78, 5) is 0. The molecule has 1 aromatic carbocycles. The third-order valence-electron chi connectivity index (χ3n) is 2.45. The van der Waals surface area contributed by atoms with Crippen LogP contribution in [0.2, 0.25) is 0 Å². The van der Waals surface area contributed by atoms with Crippen molar-refractivity contribution in [3.8, 4) is 0 Å². The van der Waals surface area contributed by atoms with Crippen LogP contribution in [0.4, 0.5) is 11.4 Å². The molecule has 0 spiro atoms. The zero-order valence-corrected chi connectivity index (χ0v) is 9.30. The van der Waals surface area contributed by atoms with Crippen molar-refractivity contribution < 1.29 is 0 Å². The number of aryl methyl sites for hydroxylation is 1. The predicted molar refractivity (Wildman–Crippen MR) is 63.5 cm³/mol. The lowest BCUT2D eigenvalue weighted by Gasteiger charge is -2.12. The Bertz CT molecular complexity index is 274. The van der Waals surface area contributed by atoms with Crippen LogP contribution in [-0.2, 0) is 0 Å². The number of nitrogen functional groups attached to an aromatic ring is 1. The number of nitrogens with two attached hydrogens (primary N) is 1. The minimum atomic E-state index is 0.705. The van der Waals surface area contributed by atoms with Crippen molar-refractivity contribution in [3.63, 3.8) is 0 Å². The second-order valence-electron chi connectivity index (χ2n) is 4.03. The van der Waals surface area contributed by atoms with Crippen LogP contribution in [0, 0.1) is 12.8 Å². The molecule has 2 nitrogen and oxygen atoms in total. The van der Waals surface area contributed by atoms with Gasteiger partial charge in [0.1, 0.15) is 0 Å². The topological polar surface area (TPSA) is 38.0 Å². The molecule has 0 saturated carbocycles. The predicted octanol–water partition coefficient (Wildman–Crippen LogP) is 3.04. The molecule has 1 rings (SSSR count). The zero-order valence-electron chi connectivity index (χ0n) is 9.30. The summed E-state index contributed by atoms with van der Waals surface area (Å²) in [6.07, 6.45) is 1.20. The molecule has 0 aliphatic heterocycles. The van der Waals surface area contributed by atoms with Crippen molar-refractivity contribution in [3.05, 3.63) is 23.8 Å². The van der Waals surface area contributed by atoms with E-state index in [0.29, 0.717) is 5.92 Å². The van der Waals surface area contributed by atoms with Gasteiger partial charge in [0.05, 0.1) is 0 Å². The Hall–Kier alpha value is -1.18. The maximum absolute atomic E-state index is 5.76. The van der Waals surface area contributed by atoms with E-state index in [2.05, 4.69) is 32.2 Å². The molecule has 0 fully saturated rings. The third kappa shape index (κ3) is 3.29. The highest BCUT2D eigenvalue weighted by molar-refractivity contribution is 5.56. The Morgan fingerprint density at radius 2 is 2.07 bits per heavy atom. The minimum absolute atomic E-state index is 0.705. The summed E-state index contributed by atoms with van der Waals surface area (Å²) in [7, 11) is 0. The lowest BCUT2D eigenvalue weighted by atomic mass is 10.1. The lowest BCUT2D eigenvalue weighted by molar-refractivity contribution is 0.593. The van der Waals surface area contributed by atoms with Gasteiger partial charge < -0.3 is 11.1 Å². The SMILES string of the molecule is CCC(C)CNc1cc(C)cc(N)c1. The normalized spacial score (nSPS) is 12.5. The first-order chi connectivity index (χ1) is 6.61. The molecule has 78 valence electrons. The van der Waals surface area contributed by atoms with Gasteiger partial charge in [-0.25, -0.2) is 0 Å². The first-order valence-electron chi connectivity index (χ1n) is 5.23. The van der Waals surface area contributed by atoms with Crippen LogP contribution < -0.4 is 11.1 Å². The van der Waals surface area contributed by atoms with E-state index < -0.39 is 0 Å². The summed E-state index contributed by atoms with van der Waals surface area (Å²) in [6, 6.07) is 6.09. The average Bonchev–Trinajstić information content (AvgIpc) is 2.12. The highest BCUT2D eigenvalue weighted by Crippen LogP contribution is 2.16. The molecule has 0 saturated heterocycles. The largest absolute Gasteiger partial charge is 0.399 e. The maximum atomic E-state index is 5.76. The second-order valence-corrected chi connectivity index (χ2v) is 4.03. The average molecular weight is 192 g/mol. The summed E-state index contributed by atoms with van der Waals surface area (Å²) < 4.78 is 0. The van der Waals surface area contributed by atoms with Gasteiger partial charge in [0.25, 0.3) is 0 Å². The first-order valence-corrected chi connectivity index (χ1v) is 5.23. The summed E-state index contributed by atoms with van der Waals surface area (Å²) in [6.45, 7) is 7.52. The smallest absolute Gasteiger partial charge is 0.0363 e.